The van der Waals surface area contributed by atoms with Crippen molar-refractivity contribution in [1.82, 2.24) is 24.6 Å². The van der Waals surface area contributed by atoms with Crippen molar-refractivity contribution < 1.29 is 4.79 Å². The second-order valence-corrected chi connectivity index (χ2v) is 7.79. The summed E-state index contributed by atoms with van der Waals surface area (Å²) >= 11 is 0. The van der Waals surface area contributed by atoms with Gasteiger partial charge in [-0.15, -0.1) is 0 Å². The van der Waals surface area contributed by atoms with Gasteiger partial charge in [-0.3, -0.25) is 4.79 Å². The summed E-state index contributed by atoms with van der Waals surface area (Å²) in [5.41, 5.74) is 5.71. The Kier molecular flexibility index (Phi) is 4.71. The van der Waals surface area contributed by atoms with Gasteiger partial charge in [0, 0.05) is 30.7 Å². The number of carbonyl (C=O) groups excluding carboxylic acids is 1. The number of likely N-dealkylation sites (tertiary alicyclic amines) is 1. The van der Waals surface area contributed by atoms with Crippen LogP contribution in [0.3, 0.4) is 0 Å². The number of nitrogens with zero attached hydrogens (tertiary/aromatic N) is 5. The molecule has 1 aromatic carbocycles. The van der Waals surface area contributed by atoms with Crippen molar-refractivity contribution in [3.8, 4) is 5.95 Å². The maximum Gasteiger partial charge on any atom is 0.257 e. The van der Waals surface area contributed by atoms with Gasteiger partial charge >= 0.3 is 0 Å². The highest BCUT2D eigenvalue weighted by Gasteiger charge is 2.32. The minimum Gasteiger partial charge on any atom is -0.338 e. The molecule has 0 N–H and O–H groups in total. The second kappa shape index (κ2) is 7.19. The molecular formula is C22H25N5O. The summed E-state index contributed by atoms with van der Waals surface area (Å²) in [4.78, 5) is 23.7. The van der Waals surface area contributed by atoms with Crippen LogP contribution in [0.5, 0.6) is 0 Å². The molecule has 1 aliphatic heterocycles. The van der Waals surface area contributed by atoms with Crippen LogP contribution in [-0.4, -0.2) is 43.6 Å². The monoisotopic (exact) mass is 375 g/mol. The summed E-state index contributed by atoms with van der Waals surface area (Å²) < 4.78 is 1.60. The molecule has 2 aromatic heterocycles. The molecule has 1 aliphatic rings. The molecule has 3 aromatic rings. The third kappa shape index (κ3) is 3.67. The maximum absolute atomic E-state index is 12.9. The molecule has 0 spiro atoms. The summed E-state index contributed by atoms with van der Waals surface area (Å²) in [7, 11) is 0. The van der Waals surface area contributed by atoms with Crippen LogP contribution >= 0.6 is 0 Å². The van der Waals surface area contributed by atoms with Gasteiger partial charge in [-0.2, -0.15) is 5.10 Å². The molecular weight excluding hydrogens is 350 g/mol. The molecule has 0 unspecified atom stereocenters. The molecule has 4 rings (SSSR count). The summed E-state index contributed by atoms with van der Waals surface area (Å²) in [5.74, 6) is 1.05. The number of carbonyl (C=O) groups is 1. The van der Waals surface area contributed by atoms with Gasteiger partial charge in [-0.05, 0) is 51.7 Å². The van der Waals surface area contributed by atoms with Gasteiger partial charge in [0.15, 0.2) is 0 Å². The molecule has 1 fully saturated rings. The summed E-state index contributed by atoms with van der Waals surface area (Å²) in [6, 6.07) is 10.5. The SMILES string of the molecule is Cc1cccc(CC2CN(C(=O)c3cn(-c4nc(C)cc(C)n4)nc3C)C2)c1. The van der Waals surface area contributed by atoms with Crippen molar-refractivity contribution >= 4 is 5.91 Å². The third-order valence-electron chi connectivity index (χ3n) is 5.16. The zero-order valence-electron chi connectivity index (χ0n) is 16.8. The zero-order chi connectivity index (χ0) is 19.8. The van der Waals surface area contributed by atoms with Crippen molar-refractivity contribution in [3.05, 3.63) is 70.3 Å². The number of amides is 1. The van der Waals surface area contributed by atoms with E-state index in [2.05, 4.69) is 46.3 Å². The van der Waals surface area contributed by atoms with Crippen LogP contribution in [0.4, 0.5) is 0 Å². The first-order valence-electron chi connectivity index (χ1n) is 9.63. The van der Waals surface area contributed by atoms with Crippen LogP contribution in [-0.2, 0) is 6.42 Å². The van der Waals surface area contributed by atoms with E-state index in [1.165, 1.54) is 11.1 Å². The molecule has 0 atom stereocenters. The standard InChI is InChI=1S/C22H25N5O/c1-14-6-5-7-18(8-14)10-19-11-26(12-19)21(28)20-13-27(25-17(20)4)22-23-15(2)9-16(3)24-22/h5-9,13,19H,10-12H2,1-4H3. The number of benzene rings is 1. The van der Waals surface area contributed by atoms with E-state index in [1.54, 1.807) is 10.9 Å². The molecule has 6 nitrogen and oxygen atoms in total. The molecule has 0 saturated carbocycles. The van der Waals surface area contributed by atoms with E-state index < -0.39 is 0 Å². The Bertz CT molecular complexity index is 1010. The average molecular weight is 375 g/mol. The summed E-state index contributed by atoms with van der Waals surface area (Å²) in [5, 5.41) is 4.47. The minimum absolute atomic E-state index is 0.0358. The number of rotatable bonds is 4. The number of aromatic nitrogens is 4. The van der Waals surface area contributed by atoms with E-state index >= 15 is 0 Å². The van der Waals surface area contributed by atoms with Crippen molar-refractivity contribution in [2.75, 3.05) is 13.1 Å². The smallest absolute Gasteiger partial charge is 0.257 e. The van der Waals surface area contributed by atoms with Gasteiger partial charge in [0.1, 0.15) is 0 Å². The lowest BCUT2D eigenvalue weighted by atomic mass is 9.91. The zero-order valence-corrected chi connectivity index (χ0v) is 16.8. The van der Waals surface area contributed by atoms with Crippen LogP contribution in [0.15, 0.2) is 36.5 Å². The lowest BCUT2D eigenvalue weighted by molar-refractivity contribution is 0.0500. The third-order valence-corrected chi connectivity index (χ3v) is 5.16. The Balaban J connectivity index is 1.44. The highest BCUT2D eigenvalue weighted by molar-refractivity contribution is 5.95. The lowest BCUT2D eigenvalue weighted by Gasteiger charge is -2.39. The van der Waals surface area contributed by atoms with E-state index in [0.717, 1.165) is 30.9 Å². The van der Waals surface area contributed by atoms with Crippen molar-refractivity contribution in [2.24, 2.45) is 5.92 Å². The van der Waals surface area contributed by atoms with Crippen LogP contribution in [0.2, 0.25) is 0 Å². The first kappa shape index (κ1) is 18.3. The molecule has 3 heterocycles. The quantitative estimate of drug-likeness (QED) is 0.702. The van der Waals surface area contributed by atoms with Crippen LogP contribution in [0.25, 0.3) is 5.95 Å². The first-order valence-corrected chi connectivity index (χ1v) is 9.63. The Labute approximate surface area is 165 Å². The van der Waals surface area contributed by atoms with E-state index in [4.69, 9.17) is 0 Å². The van der Waals surface area contributed by atoms with Gasteiger partial charge < -0.3 is 4.90 Å². The van der Waals surface area contributed by atoms with E-state index in [1.807, 2.05) is 31.7 Å². The van der Waals surface area contributed by atoms with Crippen LogP contribution in [0.1, 0.15) is 38.6 Å². The van der Waals surface area contributed by atoms with Crippen LogP contribution < -0.4 is 0 Å². The predicted molar refractivity (Wildman–Crippen MR) is 108 cm³/mol. The average Bonchev–Trinajstić information content (AvgIpc) is 2.98. The molecule has 6 heteroatoms. The van der Waals surface area contributed by atoms with Gasteiger partial charge in [-0.25, -0.2) is 14.6 Å². The Hall–Kier alpha value is -3.02. The highest BCUT2D eigenvalue weighted by Crippen LogP contribution is 2.24. The van der Waals surface area contributed by atoms with Gasteiger partial charge in [0.25, 0.3) is 11.9 Å². The molecule has 1 saturated heterocycles. The number of hydrogen-bond donors (Lipinski definition) is 0. The molecule has 28 heavy (non-hydrogen) atoms. The summed E-state index contributed by atoms with van der Waals surface area (Å²) in [6.07, 6.45) is 2.76. The topological polar surface area (TPSA) is 63.9 Å². The molecule has 0 bridgehead atoms. The number of hydrogen-bond acceptors (Lipinski definition) is 4. The fourth-order valence-corrected chi connectivity index (χ4v) is 3.79. The molecule has 0 aliphatic carbocycles. The largest absolute Gasteiger partial charge is 0.338 e. The molecule has 1 amide bonds. The Morgan fingerprint density at radius 1 is 1.07 bits per heavy atom. The predicted octanol–water partition coefficient (Wildman–Crippen LogP) is 3.21. The Morgan fingerprint density at radius 2 is 1.79 bits per heavy atom. The fraction of sp³-hybridized carbons (Fsp3) is 0.364. The maximum atomic E-state index is 12.9. The van der Waals surface area contributed by atoms with E-state index in [-0.39, 0.29) is 5.91 Å². The lowest BCUT2D eigenvalue weighted by Crippen LogP contribution is -2.50. The van der Waals surface area contributed by atoms with Gasteiger partial charge in [-0.1, -0.05) is 29.8 Å². The van der Waals surface area contributed by atoms with E-state index in [9.17, 15) is 4.79 Å². The normalized spacial score (nSPS) is 14.2. The van der Waals surface area contributed by atoms with Crippen molar-refractivity contribution in [1.29, 1.82) is 0 Å². The fourth-order valence-electron chi connectivity index (χ4n) is 3.79. The highest BCUT2D eigenvalue weighted by atomic mass is 16.2. The molecule has 144 valence electrons. The molecule has 0 radical (unpaired) electrons. The minimum atomic E-state index is 0.0358. The van der Waals surface area contributed by atoms with Crippen molar-refractivity contribution in [2.45, 2.75) is 34.1 Å². The second-order valence-electron chi connectivity index (χ2n) is 7.79. The number of aryl methyl sites for hydroxylation is 4. The van der Waals surface area contributed by atoms with Gasteiger partial charge in [0.05, 0.1) is 11.3 Å². The summed E-state index contributed by atoms with van der Waals surface area (Å²) in [6.45, 7) is 9.40. The van der Waals surface area contributed by atoms with Crippen LogP contribution in [0, 0.1) is 33.6 Å². The first-order chi connectivity index (χ1) is 13.4. The Morgan fingerprint density at radius 3 is 2.46 bits per heavy atom. The van der Waals surface area contributed by atoms with E-state index in [0.29, 0.717) is 23.1 Å². The van der Waals surface area contributed by atoms with Gasteiger partial charge in [0.2, 0.25) is 0 Å². The van der Waals surface area contributed by atoms with Crippen molar-refractivity contribution in [3.63, 3.8) is 0 Å².